The van der Waals surface area contributed by atoms with Gasteiger partial charge in [-0.1, -0.05) is 12.8 Å². The van der Waals surface area contributed by atoms with Gasteiger partial charge in [0.05, 0.1) is 11.5 Å². The summed E-state index contributed by atoms with van der Waals surface area (Å²) in [5, 5.41) is 17.8. The molecule has 0 saturated carbocycles. The number of carboxylic acids is 1. The Kier molecular flexibility index (Phi) is 7.01. The third-order valence-electron chi connectivity index (χ3n) is 4.24. The fourth-order valence-corrected chi connectivity index (χ4v) is 2.91. The van der Waals surface area contributed by atoms with E-state index >= 15 is 0 Å². The van der Waals surface area contributed by atoms with Crippen molar-refractivity contribution in [1.82, 2.24) is 4.90 Å². The maximum absolute atomic E-state index is 10.7. The molecule has 0 bridgehead atoms. The van der Waals surface area contributed by atoms with Gasteiger partial charge in [0.15, 0.2) is 0 Å². The Morgan fingerprint density at radius 2 is 2.15 bits per heavy atom. The molecule has 0 aromatic rings. The molecule has 114 valence electrons. The average molecular weight is 280 g/mol. The van der Waals surface area contributed by atoms with Gasteiger partial charge in [-0.05, 0) is 59.0 Å². The van der Waals surface area contributed by atoms with E-state index in [2.05, 4.69) is 11.0 Å². The number of aliphatic carboxylic acids is 1. The molecule has 1 heterocycles. The van der Waals surface area contributed by atoms with Crippen LogP contribution >= 0.6 is 0 Å². The fraction of sp³-hybridized carbons (Fsp3) is 0.875. The number of piperidine rings is 1. The zero-order valence-corrected chi connectivity index (χ0v) is 12.9. The van der Waals surface area contributed by atoms with Crippen molar-refractivity contribution in [3.05, 3.63) is 0 Å². The lowest BCUT2D eigenvalue weighted by Crippen LogP contribution is -2.40. The van der Waals surface area contributed by atoms with Crippen LogP contribution in [0.5, 0.6) is 0 Å². The van der Waals surface area contributed by atoms with Crippen molar-refractivity contribution in [2.75, 3.05) is 13.1 Å². The molecule has 4 heteroatoms. The van der Waals surface area contributed by atoms with Gasteiger partial charge >= 0.3 is 5.97 Å². The molecule has 0 aliphatic carbocycles. The minimum atomic E-state index is -0.689. The first-order chi connectivity index (χ1) is 9.44. The molecule has 0 aromatic carbocycles. The van der Waals surface area contributed by atoms with Crippen LogP contribution in [0.1, 0.15) is 65.2 Å². The van der Waals surface area contributed by atoms with Gasteiger partial charge in [0.1, 0.15) is 0 Å². The number of nitrogens with zero attached hydrogens (tertiary/aromatic N) is 2. The van der Waals surface area contributed by atoms with Gasteiger partial charge in [-0.2, -0.15) is 5.26 Å². The van der Waals surface area contributed by atoms with E-state index in [0.29, 0.717) is 6.04 Å². The smallest absolute Gasteiger partial charge is 0.303 e. The van der Waals surface area contributed by atoms with Crippen LogP contribution < -0.4 is 0 Å². The summed E-state index contributed by atoms with van der Waals surface area (Å²) in [5.74, 6) is -0.689. The Hall–Kier alpha value is -1.08. The summed E-state index contributed by atoms with van der Waals surface area (Å²) in [5.41, 5.74) is -0.218. The molecule has 1 rings (SSSR count). The molecule has 0 radical (unpaired) electrons. The molecular formula is C16H28N2O2. The zero-order valence-electron chi connectivity index (χ0n) is 12.9. The standard InChI is InChI=1S/C16H28N2O2/c1-16(2,13-17)10-4-6-12-18-11-5-3-7-14(18)8-9-15(19)20/h14H,3-12H2,1-2H3,(H,19,20). The van der Waals surface area contributed by atoms with E-state index in [1.54, 1.807) is 0 Å². The van der Waals surface area contributed by atoms with E-state index < -0.39 is 5.97 Å². The Morgan fingerprint density at radius 1 is 1.40 bits per heavy atom. The average Bonchev–Trinajstić information content (AvgIpc) is 2.42. The predicted molar refractivity (Wildman–Crippen MR) is 79.3 cm³/mol. The van der Waals surface area contributed by atoms with E-state index in [1.807, 2.05) is 13.8 Å². The Bertz CT molecular complexity index is 347. The topological polar surface area (TPSA) is 64.3 Å². The number of unbranched alkanes of at least 4 members (excludes halogenated alkanes) is 1. The number of likely N-dealkylation sites (tertiary alicyclic amines) is 1. The predicted octanol–water partition coefficient (Wildman–Crippen LogP) is 3.43. The van der Waals surface area contributed by atoms with Crippen molar-refractivity contribution in [1.29, 1.82) is 5.26 Å². The lowest BCUT2D eigenvalue weighted by Gasteiger charge is -2.35. The minimum absolute atomic E-state index is 0.218. The maximum Gasteiger partial charge on any atom is 0.303 e. The molecule has 1 fully saturated rings. The van der Waals surface area contributed by atoms with Gasteiger partial charge in [-0.15, -0.1) is 0 Å². The van der Waals surface area contributed by atoms with E-state index in [9.17, 15) is 4.79 Å². The summed E-state index contributed by atoms with van der Waals surface area (Å²) < 4.78 is 0. The molecule has 1 N–H and O–H groups in total. The highest BCUT2D eigenvalue weighted by atomic mass is 16.4. The van der Waals surface area contributed by atoms with Crippen LogP contribution in [0, 0.1) is 16.7 Å². The summed E-state index contributed by atoms with van der Waals surface area (Å²) >= 11 is 0. The van der Waals surface area contributed by atoms with E-state index in [0.717, 1.165) is 45.2 Å². The first-order valence-electron chi connectivity index (χ1n) is 7.82. The molecular weight excluding hydrogens is 252 g/mol. The Labute approximate surface area is 122 Å². The highest BCUT2D eigenvalue weighted by Gasteiger charge is 2.23. The normalized spacial score (nSPS) is 20.6. The number of rotatable bonds is 8. The number of nitriles is 1. The second-order valence-corrected chi connectivity index (χ2v) is 6.57. The van der Waals surface area contributed by atoms with Gasteiger partial charge in [0.2, 0.25) is 0 Å². The van der Waals surface area contributed by atoms with Crippen LogP contribution in [0.3, 0.4) is 0 Å². The lowest BCUT2D eigenvalue weighted by atomic mass is 9.89. The number of hydrogen-bond acceptors (Lipinski definition) is 3. The van der Waals surface area contributed by atoms with Gasteiger partial charge in [-0.3, -0.25) is 4.79 Å². The first kappa shape index (κ1) is 17.0. The third kappa shape index (κ3) is 6.38. The summed E-state index contributed by atoms with van der Waals surface area (Å²) in [6, 6.07) is 2.79. The van der Waals surface area contributed by atoms with E-state index in [-0.39, 0.29) is 11.8 Å². The monoisotopic (exact) mass is 280 g/mol. The van der Waals surface area contributed by atoms with Gasteiger partial charge in [-0.25, -0.2) is 0 Å². The van der Waals surface area contributed by atoms with Crippen molar-refractivity contribution < 1.29 is 9.90 Å². The molecule has 1 atom stereocenters. The molecule has 1 aliphatic heterocycles. The van der Waals surface area contributed by atoms with Crippen LogP contribution in [0.2, 0.25) is 0 Å². The van der Waals surface area contributed by atoms with E-state index in [1.165, 1.54) is 12.8 Å². The van der Waals surface area contributed by atoms with Gasteiger partial charge in [0, 0.05) is 12.5 Å². The second-order valence-electron chi connectivity index (χ2n) is 6.57. The highest BCUT2D eigenvalue weighted by molar-refractivity contribution is 5.66. The van der Waals surface area contributed by atoms with Crippen LogP contribution in [0.4, 0.5) is 0 Å². The molecule has 0 amide bonds. The van der Waals surface area contributed by atoms with Crippen LogP contribution in [-0.2, 0) is 4.79 Å². The number of hydrogen-bond donors (Lipinski definition) is 1. The van der Waals surface area contributed by atoms with Crippen LogP contribution in [0.15, 0.2) is 0 Å². The fourth-order valence-electron chi connectivity index (χ4n) is 2.91. The van der Waals surface area contributed by atoms with E-state index in [4.69, 9.17) is 10.4 Å². The summed E-state index contributed by atoms with van der Waals surface area (Å²) in [4.78, 5) is 13.2. The largest absolute Gasteiger partial charge is 0.481 e. The SMILES string of the molecule is CC(C)(C#N)CCCCN1CCCCC1CCC(=O)O. The lowest BCUT2D eigenvalue weighted by molar-refractivity contribution is -0.137. The van der Waals surface area contributed by atoms with Gasteiger partial charge < -0.3 is 10.0 Å². The first-order valence-corrected chi connectivity index (χ1v) is 7.82. The Morgan fingerprint density at radius 3 is 2.80 bits per heavy atom. The van der Waals surface area contributed by atoms with Crippen molar-refractivity contribution >= 4 is 5.97 Å². The van der Waals surface area contributed by atoms with Crippen LogP contribution in [-0.4, -0.2) is 35.1 Å². The van der Waals surface area contributed by atoms with Gasteiger partial charge in [0.25, 0.3) is 0 Å². The molecule has 1 unspecified atom stereocenters. The maximum atomic E-state index is 10.7. The van der Waals surface area contributed by atoms with Crippen molar-refractivity contribution in [2.24, 2.45) is 5.41 Å². The minimum Gasteiger partial charge on any atom is -0.481 e. The van der Waals surface area contributed by atoms with Crippen molar-refractivity contribution in [2.45, 2.75) is 71.3 Å². The quantitative estimate of drug-likeness (QED) is 0.692. The zero-order chi connectivity index (χ0) is 15.0. The Balaban J connectivity index is 2.28. The molecule has 1 saturated heterocycles. The summed E-state index contributed by atoms with van der Waals surface area (Å²) in [7, 11) is 0. The molecule has 0 spiro atoms. The third-order valence-corrected chi connectivity index (χ3v) is 4.24. The van der Waals surface area contributed by atoms with Crippen molar-refractivity contribution in [3.8, 4) is 6.07 Å². The summed E-state index contributed by atoms with van der Waals surface area (Å²) in [6.07, 6.45) is 7.77. The highest BCUT2D eigenvalue weighted by Crippen LogP contribution is 2.24. The molecule has 1 aliphatic rings. The number of carbonyl (C=O) groups is 1. The summed E-state index contributed by atoms with van der Waals surface area (Å²) in [6.45, 7) is 6.13. The van der Waals surface area contributed by atoms with Crippen molar-refractivity contribution in [3.63, 3.8) is 0 Å². The molecule has 20 heavy (non-hydrogen) atoms. The second kappa shape index (κ2) is 8.26. The molecule has 0 aromatic heterocycles. The van der Waals surface area contributed by atoms with Crippen LogP contribution in [0.25, 0.3) is 0 Å². The molecule has 4 nitrogen and oxygen atoms in total. The number of carboxylic acid groups (broad SMARTS) is 1.